The van der Waals surface area contributed by atoms with E-state index in [1.807, 2.05) is 56.3 Å². The molecule has 2 unspecified atom stereocenters. The molecule has 0 saturated carbocycles. The molecule has 0 spiro atoms. The third kappa shape index (κ3) is 8.68. The number of hydrogen-bond donors (Lipinski definition) is 1. The number of carbonyl (C=O) groups excluding carboxylic acids is 2. The summed E-state index contributed by atoms with van der Waals surface area (Å²) in [6.45, 7) is 5.10. The second kappa shape index (κ2) is 15.8. The SMILES string of the molecule is CCC(C)NC(=O)C(Cc1ccccc1)N(Cc1cccc(OC)c1)C(=O)CN(c1cc(Cl)ccc1C)S(=O)(=O)c1ccccc1. The van der Waals surface area contributed by atoms with Crippen LogP contribution in [0.1, 0.15) is 37.0 Å². The summed E-state index contributed by atoms with van der Waals surface area (Å²) in [4.78, 5) is 30.1. The molecule has 2 atom stereocenters. The molecule has 0 aliphatic carbocycles. The molecule has 10 heteroatoms. The lowest BCUT2D eigenvalue weighted by Gasteiger charge is -2.34. The first kappa shape index (κ1) is 34.5. The van der Waals surface area contributed by atoms with Crippen LogP contribution >= 0.6 is 11.6 Å². The van der Waals surface area contributed by atoms with Gasteiger partial charge in [-0.1, -0.05) is 85.3 Å². The standard InChI is InChI=1S/C36H40ClN3O5S/c1-5-27(3)38-36(42)34(22-28-13-8-6-9-14-28)39(24-29-15-12-16-31(21-29)45-4)35(41)25-40(33-23-30(37)20-19-26(33)2)46(43,44)32-17-10-7-11-18-32/h6-21,23,27,34H,5,22,24-25H2,1-4H3,(H,38,42). The molecule has 0 bridgehead atoms. The van der Waals surface area contributed by atoms with Gasteiger partial charge in [0.2, 0.25) is 11.8 Å². The van der Waals surface area contributed by atoms with Gasteiger partial charge in [0.1, 0.15) is 18.3 Å². The molecule has 2 amide bonds. The van der Waals surface area contributed by atoms with Crippen molar-refractivity contribution in [3.63, 3.8) is 0 Å². The van der Waals surface area contributed by atoms with Crippen LogP contribution in [0.2, 0.25) is 5.02 Å². The van der Waals surface area contributed by atoms with Crippen LogP contribution in [0.5, 0.6) is 5.75 Å². The Morgan fingerprint density at radius 1 is 0.891 bits per heavy atom. The smallest absolute Gasteiger partial charge is 0.264 e. The molecule has 242 valence electrons. The minimum Gasteiger partial charge on any atom is -0.497 e. The van der Waals surface area contributed by atoms with Crippen molar-refractivity contribution in [2.24, 2.45) is 0 Å². The van der Waals surface area contributed by atoms with Crippen molar-refractivity contribution in [1.82, 2.24) is 10.2 Å². The largest absolute Gasteiger partial charge is 0.497 e. The average molecular weight is 662 g/mol. The summed E-state index contributed by atoms with van der Waals surface area (Å²) in [5.74, 6) is -0.288. The van der Waals surface area contributed by atoms with Crippen LogP contribution in [0.3, 0.4) is 0 Å². The molecule has 4 rings (SSSR count). The maximum atomic E-state index is 14.6. The molecule has 0 aromatic heterocycles. The average Bonchev–Trinajstić information content (AvgIpc) is 3.07. The van der Waals surface area contributed by atoms with Crippen molar-refractivity contribution >= 4 is 39.1 Å². The molecule has 0 heterocycles. The Hall–Kier alpha value is -4.34. The molecule has 0 radical (unpaired) electrons. The second-order valence-electron chi connectivity index (χ2n) is 11.2. The van der Waals surface area contributed by atoms with Gasteiger partial charge in [0.15, 0.2) is 0 Å². The van der Waals surface area contributed by atoms with Gasteiger partial charge in [-0.15, -0.1) is 0 Å². The topological polar surface area (TPSA) is 96.0 Å². The Labute approximate surface area is 277 Å². The zero-order valence-electron chi connectivity index (χ0n) is 26.5. The van der Waals surface area contributed by atoms with E-state index in [0.29, 0.717) is 22.8 Å². The van der Waals surface area contributed by atoms with Crippen LogP contribution in [0.4, 0.5) is 5.69 Å². The number of aryl methyl sites for hydroxylation is 1. The third-order valence-electron chi connectivity index (χ3n) is 7.81. The lowest BCUT2D eigenvalue weighted by atomic mass is 10.0. The normalized spacial score (nSPS) is 12.5. The summed E-state index contributed by atoms with van der Waals surface area (Å²) in [6, 6.07) is 28.5. The highest BCUT2D eigenvalue weighted by Gasteiger charge is 2.35. The number of benzene rings is 4. The van der Waals surface area contributed by atoms with Gasteiger partial charge in [0.25, 0.3) is 10.0 Å². The van der Waals surface area contributed by atoms with Crippen LogP contribution in [0.15, 0.2) is 108 Å². The lowest BCUT2D eigenvalue weighted by Crippen LogP contribution is -2.54. The molecule has 4 aromatic carbocycles. The number of nitrogens with zero attached hydrogens (tertiary/aromatic N) is 2. The Bertz CT molecular complexity index is 1740. The van der Waals surface area contributed by atoms with Crippen LogP contribution < -0.4 is 14.4 Å². The van der Waals surface area contributed by atoms with Gasteiger partial charge < -0.3 is 15.0 Å². The predicted octanol–water partition coefficient (Wildman–Crippen LogP) is 6.41. The van der Waals surface area contributed by atoms with E-state index in [1.54, 1.807) is 56.5 Å². The van der Waals surface area contributed by atoms with E-state index in [2.05, 4.69) is 5.32 Å². The molecule has 0 aliphatic rings. The maximum absolute atomic E-state index is 14.6. The van der Waals surface area contributed by atoms with E-state index in [9.17, 15) is 18.0 Å². The van der Waals surface area contributed by atoms with Gasteiger partial charge >= 0.3 is 0 Å². The van der Waals surface area contributed by atoms with Crippen molar-refractivity contribution in [3.05, 3.63) is 125 Å². The highest BCUT2D eigenvalue weighted by molar-refractivity contribution is 7.92. The predicted molar refractivity (Wildman–Crippen MR) is 183 cm³/mol. The number of amides is 2. The Kier molecular flexibility index (Phi) is 11.8. The number of rotatable bonds is 14. The zero-order valence-corrected chi connectivity index (χ0v) is 28.1. The molecule has 0 saturated heterocycles. The molecule has 46 heavy (non-hydrogen) atoms. The summed E-state index contributed by atoms with van der Waals surface area (Å²) < 4.78 is 34.9. The van der Waals surface area contributed by atoms with Gasteiger partial charge in [-0.25, -0.2) is 8.42 Å². The monoisotopic (exact) mass is 661 g/mol. The number of nitrogens with one attached hydrogen (secondary N) is 1. The zero-order chi connectivity index (χ0) is 33.3. The van der Waals surface area contributed by atoms with Gasteiger partial charge in [-0.3, -0.25) is 13.9 Å². The summed E-state index contributed by atoms with van der Waals surface area (Å²) in [5.41, 5.74) is 2.47. The molecule has 1 N–H and O–H groups in total. The van der Waals surface area contributed by atoms with Gasteiger partial charge in [-0.2, -0.15) is 0 Å². The van der Waals surface area contributed by atoms with E-state index in [-0.39, 0.29) is 35.5 Å². The summed E-state index contributed by atoms with van der Waals surface area (Å²) >= 11 is 6.35. The van der Waals surface area contributed by atoms with Crippen molar-refractivity contribution < 1.29 is 22.7 Å². The number of hydrogen-bond acceptors (Lipinski definition) is 5. The number of anilines is 1. The van der Waals surface area contributed by atoms with Crippen LogP contribution in [0, 0.1) is 6.92 Å². The number of ether oxygens (including phenoxy) is 1. The van der Waals surface area contributed by atoms with E-state index in [1.165, 1.54) is 23.1 Å². The molecule has 0 fully saturated rings. The Balaban J connectivity index is 1.84. The highest BCUT2D eigenvalue weighted by Crippen LogP contribution is 2.30. The first-order valence-electron chi connectivity index (χ1n) is 15.1. The fourth-order valence-corrected chi connectivity index (χ4v) is 6.70. The number of halogens is 1. The second-order valence-corrected chi connectivity index (χ2v) is 13.5. The highest BCUT2D eigenvalue weighted by atomic mass is 35.5. The fourth-order valence-electron chi connectivity index (χ4n) is 5.05. The Morgan fingerprint density at radius 2 is 1.54 bits per heavy atom. The van der Waals surface area contributed by atoms with Crippen molar-refractivity contribution in [1.29, 1.82) is 0 Å². The molecule has 8 nitrogen and oxygen atoms in total. The van der Waals surface area contributed by atoms with E-state index in [4.69, 9.17) is 16.3 Å². The summed E-state index contributed by atoms with van der Waals surface area (Å²) in [6.07, 6.45) is 0.922. The van der Waals surface area contributed by atoms with Gasteiger partial charge in [0, 0.05) is 24.0 Å². The quantitative estimate of drug-likeness (QED) is 0.169. The van der Waals surface area contributed by atoms with E-state index >= 15 is 0 Å². The minimum absolute atomic E-state index is 0.0249. The number of methoxy groups -OCH3 is 1. The lowest BCUT2D eigenvalue weighted by molar-refractivity contribution is -0.140. The first-order valence-corrected chi connectivity index (χ1v) is 17.0. The van der Waals surface area contributed by atoms with E-state index in [0.717, 1.165) is 15.4 Å². The number of carbonyl (C=O) groups is 2. The molecular weight excluding hydrogens is 622 g/mol. The van der Waals surface area contributed by atoms with Crippen LogP contribution in [-0.4, -0.2) is 50.9 Å². The van der Waals surface area contributed by atoms with Crippen LogP contribution in [0.25, 0.3) is 0 Å². The molecule has 4 aromatic rings. The first-order chi connectivity index (χ1) is 22.0. The van der Waals surface area contributed by atoms with Gasteiger partial charge in [0.05, 0.1) is 17.7 Å². The fraction of sp³-hybridized carbons (Fsp3) is 0.278. The molecule has 0 aliphatic heterocycles. The van der Waals surface area contributed by atoms with Gasteiger partial charge in [-0.05, 0) is 73.4 Å². The van der Waals surface area contributed by atoms with Crippen molar-refractivity contribution in [2.75, 3.05) is 18.0 Å². The maximum Gasteiger partial charge on any atom is 0.264 e. The Morgan fingerprint density at radius 3 is 2.20 bits per heavy atom. The van der Waals surface area contributed by atoms with Crippen molar-refractivity contribution in [2.45, 2.75) is 57.1 Å². The third-order valence-corrected chi connectivity index (χ3v) is 9.82. The summed E-state index contributed by atoms with van der Waals surface area (Å²) in [5, 5.41) is 3.37. The summed E-state index contributed by atoms with van der Waals surface area (Å²) in [7, 11) is -2.67. The van der Waals surface area contributed by atoms with E-state index < -0.39 is 28.5 Å². The van der Waals surface area contributed by atoms with Crippen molar-refractivity contribution in [3.8, 4) is 5.75 Å². The molecular formula is C36H40ClN3O5S. The van der Waals surface area contributed by atoms with Crippen LogP contribution in [-0.2, 0) is 32.6 Å². The minimum atomic E-state index is -4.23. The number of sulfonamides is 1.